The Morgan fingerprint density at radius 1 is 0.800 bits per heavy atom. The molecule has 0 radical (unpaired) electrons. The minimum Gasteiger partial charge on any atom is -0.0622 e. The molecule has 0 aromatic rings. The molecule has 0 aromatic heterocycles. The lowest BCUT2D eigenvalue weighted by Gasteiger charge is -2.62. The Labute approximate surface area is 126 Å². The van der Waals surface area contributed by atoms with Gasteiger partial charge in [0.15, 0.2) is 0 Å². The molecular formula is C20H34. The largest absolute Gasteiger partial charge is 0.0622 e. The summed E-state index contributed by atoms with van der Waals surface area (Å²) in [5, 5.41) is 0. The van der Waals surface area contributed by atoms with Gasteiger partial charge in [-0.15, -0.1) is 0 Å². The Hall–Kier alpha value is 0. The number of hydrogen-bond donors (Lipinski definition) is 0. The fraction of sp³-hybridized carbons (Fsp3) is 1.00. The minimum atomic E-state index is 0.722. The molecule has 0 heteroatoms. The Balaban J connectivity index is 1.69. The van der Waals surface area contributed by atoms with Crippen molar-refractivity contribution < 1.29 is 0 Å². The molecule has 4 fully saturated rings. The zero-order valence-corrected chi connectivity index (χ0v) is 14.0. The van der Waals surface area contributed by atoms with E-state index in [4.69, 9.17) is 0 Å². The second-order valence-corrected chi connectivity index (χ2v) is 9.54. The van der Waals surface area contributed by atoms with Gasteiger partial charge in [0.1, 0.15) is 0 Å². The smallest absolute Gasteiger partial charge is 0.0266 e. The summed E-state index contributed by atoms with van der Waals surface area (Å²) >= 11 is 0. The average Bonchev–Trinajstić information content (AvgIpc) is 2.81. The summed E-state index contributed by atoms with van der Waals surface area (Å²) < 4.78 is 0. The highest BCUT2D eigenvalue weighted by Crippen LogP contribution is 2.67. The van der Waals surface area contributed by atoms with Gasteiger partial charge in [0.25, 0.3) is 0 Å². The maximum atomic E-state index is 2.71. The Morgan fingerprint density at radius 3 is 2.50 bits per heavy atom. The van der Waals surface area contributed by atoms with Gasteiger partial charge in [0.2, 0.25) is 0 Å². The first-order valence-electron chi connectivity index (χ1n) is 9.55. The molecule has 0 spiro atoms. The van der Waals surface area contributed by atoms with Crippen LogP contribution in [0.2, 0.25) is 0 Å². The van der Waals surface area contributed by atoms with Crippen molar-refractivity contribution in [2.75, 3.05) is 0 Å². The van der Waals surface area contributed by atoms with Crippen LogP contribution in [0.4, 0.5) is 0 Å². The first-order chi connectivity index (χ1) is 9.55. The molecule has 0 N–H and O–H groups in total. The van der Waals surface area contributed by atoms with Crippen molar-refractivity contribution in [1.29, 1.82) is 0 Å². The van der Waals surface area contributed by atoms with E-state index in [0.29, 0.717) is 0 Å². The lowest BCUT2D eigenvalue weighted by Crippen LogP contribution is -2.54. The number of hydrogen-bond acceptors (Lipinski definition) is 0. The van der Waals surface area contributed by atoms with E-state index in [1.54, 1.807) is 38.5 Å². The SMILES string of the molecule is C[C@@H]1CC2CCCC[C@]2(C)[C@H]2CC[C@]3(C)CCC[C@H]3[C@H]12. The highest BCUT2D eigenvalue weighted by molar-refractivity contribution is 5.08. The van der Waals surface area contributed by atoms with Crippen molar-refractivity contribution in [3.63, 3.8) is 0 Å². The molecule has 0 aromatic carbocycles. The summed E-state index contributed by atoms with van der Waals surface area (Å²) in [5.74, 6) is 5.32. The summed E-state index contributed by atoms with van der Waals surface area (Å²) in [4.78, 5) is 0. The van der Waals surface area contributed by atoms with Crippen LogP contribution in [0.5, 0.6) is 0 Å². The zero-order chi connectivity index (χ0) is 14.0. The van der Waals surface area contributed by atoms with Gasteiger partial charge in [-0.3, -0.25) is 0 Å². The fourth-order valence-corrected chi connectivity index (χ4v) is 7.66. The van der Waals surface area contributed by atoms with E-state index in [0.717, 1.165) is 40.4 Å². The molecule has 7 atom stereocenters. The van der Waals surface area contributed by atoms with Gasteiger partial charge < -0.3 is 0 Å². The van der Waals surface area contributed by atoms with Crippen molar-refractivity contribution in [3.8, 4) is 0 Å². The molecular weight excluding hydrogens is 240 g/mol. The lowest BCUT2D eigenvalue weighted by atomic mass is 9.43. The predicted molar refractivity (Wildman–Crippen MR) is 85.5 cm³/mol. The highest BCUT2D eigenvalue weighted by Gasteiger charge is 2.58. The van der Waals surface area contributed by atoms with Crippen LogP contribution in [0, 0.1) is 40.4 Å². The molecule has 0 amide bonds. The third-order valence-electron chi connectivity index (χ3n) is 8.72. The summed E-state index contributed by atoms with van der Waals surface area (Å²) in [6, 6.07) is 0. The number of fused-ring (bicyclic) bond motifs is 5. The first-order valence-corrected chi connectivity index (χ1v) is 9.55. The Morgan fingerprint density at radius 2 is 1.65 bits per heavy atom. The third-order valence-corrected chi connectivity index (χ3v) is 8.72. The van der Waals surface area contributed by atoms with Crippen LogP contribution in [0.15, 0.2) is 0 Å². The second kappa shape index (κ2) is 4.50. The van der Waals surface area contributed by atoms with Gasteiger partial charge in [0.05, 0.1) is 0 Å². The molecule has 4 aliphatic rings. The van der Waals surface area contributed by atoms with Gasteiger partial charge in [-0.05, 0) is 85.4 Å². The van der Waals surface area contributed by atoms with Crippen molar-refractivity contribution in [3.05, 3.63) is 0 Å². The summed E-state index contributed by atoms with van der Waals surface area (Å²) in [6.45, 7) is 7.97. The molecule has 0 bridgehead atoms. The van der Waals surface area contributed by atoms with Crippen molar-refractivity contribution in [2.24, 2.45) is 40.4 Å². The maximum absolute atomic E-state index is 2.71. The standard InChI is InChI=1S/C20H34/c1-14-13-15-7-4-5-11-20(15,3)17-9-12-19(2)10-6-8-16(19)18(14)17/h14-18H,4-13H2,1-3H3/t14-,15?,16+,17+,18+,19+,20+/m1/s1. The highest BCUT2D eigenvalue weighted by atomic mass is 14.6. The van der Waals surface area contributed by atoms with Crippen LogP contribution in [-0.4, -0.2) is 0 Å². The molecule has 1 unspecified atom stereocenters. The summed E-state index contributed by atoms with van der Waals surface area (Å²) in [6.07, 6.45) is 15.4. The molecule has 4 rings (SSSR count). The predicted octanol–water partition coefficient (Wildman–Crippen LogP) is 6.06. The average molecular weight is 274 g/mol. The molecule has 0 heterocycles. The van der Waals surface area contributed by atoms with Crippen LogP contribution in [0.3, 0.4) is 0 Å². The van der Waals surface area contributed by atoms with E-state index < -0.39 is 0 Å². The molecule has 4 saturated carbocycles. The maximum Gasteiger partial charge on any atom is -0.0266 e. The van der Waals surface area contributed by atoms with Crippen LogP contribution in [-0.2, 0) is 0 Å². The summed E-state index contributed by atoms with van der Waals surface area (Å²) in [5.41, 5.74) is 1.45. The molecule has 4 aliphatic carbocycles. The van der Waals surface area contributed by atoms with Crippen LogP contribution in [0.25, 0.3) is 0 Å². The van der Waals surface area contributed by atoms with Gasteiger partial charge in [-0.1, -0.05) is 40.0 Å². The molecule has 0 saturated heterocycles. The minimum absolute atomic E-state index is 0.722. The quantitative estimate of drug-likeness (QED) is 0.504. The molecule has 114 valence electrons. The van der Waals surface area contributed by atoms with E-state index in [1.165, 1.54) is 25.7 Å². The van der Waals surface area contributed by atoms with Crippen molar-refractivity contribution >= 4 is 0 Å². The monoisotopic (exact) mass is 274 g/mol. The Kier molecular flexibility index (Phi) is 3.07. The van der Waals surface area contributed by atoms with E-state index in [1.807, 2.05) is 0 Å². The van der Waals surface area contributed by atoms with Gasteiger partial charge >= 0.3 is 0 Å². The van der Waals surface area contributed by atoms with Crippen molar-refractivity contribution in [2.45, 2.75) is 85.0 Å². The van der Waals surface area contributed by atoms with Crippen LogP contribution >= 0.6 is 0 Å². The lowest BCUT2D eigenvalue weighted by molar-refractivity contribution is -0.128. The van der Waals surface area contributed by atoms with Gasteiger partial charge in [-0.25, -0.2) is 0 Å². The normalized spacial score (nSPS) is 58.6. The topological polar surface area (TPSA) is 0 Å². The Bertz CT molecular complexity index is 385. The summed E-state index contributed by atoms with van der Waals surface area (Å²) in [7, 11) is 0. The first kappa shape index (κ1) is 13.6. The van der Waals surface area contributed by atoms with Gasteiger partial charge in [0, 0.05) is 0 Å². The van der Waals surface area contributed by atoms with Crippen molar-refractivity contribution in [1.82, 2.24) is 0 Å². The van der Waals surface area contributed by atoms with Crippen LogP contribution < -0.4 is 0 Å². The molecule has 0 nitrogen and oxygen atoms in total. The fourth-order valence-electron chi connectivity index (χ4n) is 7.66. The molecule has 20 heavy (non-hydrogen) atoms. The van der Waals surface area contributed by atoms with Gasteiger partial charge in [-0.2, -0.15) is 0 Å². The van der Waals surface area contributed by atoms with E-state index in [-0.39, 0.29) is 0 Å². The zero-order valence-electron chi connectivity index (χ0n) is 14.0. The van der Waals surface area contributed by atoms with E-state index >= 15 is 0 Å². The van der Waals surface area contributed by atoms with E-state index in [2.05, 4.69) is 20.8 Å². The third kappa shape index (κ3) is 1.72. The number of rotatable bonds is 0. The van der Waals surface area contributed by atoms with E-state index in [9.17, 15) is 0 Å². The van der Waals surface area contributed by atoms with Crippen LogP contribution in [0.1, 0.15) is 85.0 Å². The second-order valence-electron chi connectivity index (χ2n) is 9.54. The molecule has 0 aliphatic heterocycles.